The van der Waals surface area contributed by atoms with Gasteiger partial charge >= 0.3 is 12.4 Å². The van der Waals surface area contributed by atoms with Gasteiger partial charge in [-0.3, -0.25) is 9.69 Å². The summed E-state index contributed by atoms with van der Waals surface area (Å²) in [5.41, 5.74) is 4.35. The number of carbonyl (C=O) groups excluding carboxylic acids is 2. The van der Waals surface area contributed by atoms with E-state index in [1.165, 1.54) is 40.2 Å². The number of amides is 3. The van der Waals surface area contributed by atoms with Crippen molar-refractivity contribution in [2.75, 3.05) is 10.7 Å². The number of rotatable bonds is 7. The van der Waals surface area contributed by atoms with Crippen LogP contribution in [0.4, 0.5) is 23.7 Å². The Morgan fingerprint density at radius 3 is 2.48 bits per heavy atom. The van der Waals surface area contributed by atoms with Crippen LogP contribution in [0, 0.1) is 18.3 Å². The van der Waals surface area contributed by atoms with Crippen LogP contribution in [0.1, 0.15) is 36.5 Å². The predicted octanol–water partition coefficient (Wildman–Crippen LogP) is 7.03. The first kappa shape index (κ1) is 32.1. The van der Waals surface area contributed by atoms with Gasteiger partial charge in [0.25, 0.3) is 0 Å². The van der Waals surface area contributed by atoms with Crippen LogP contribution in [-0.4, -0.2) is 49.7 Å². The van der Waals surface area contributed by atoms with Crippen molar-refractivity contribution in [2.24, 2.45) is 9.98 Å². The van der Waals surface area contributed by atoms with Crippen molar-refractivity contribution in [2.45, 2.75) is 39.5 Å². The van der Waals surface area contributed by atoms with E-state index in [0.29, 0.717) is 28.3 Å². The molecule has 1 aliphatic heterocycles. The lowest BCUT2D eigenvalue weighted by molar-refractivity contribution is -0.274. The molecule has 14 heteroatoms. The Labute approximate surface area is 266 Å². The SMILES string of the molecule is Cc1ccc(C(C)C)c(N2C(=O)CSC2=NC(=O)N=C(C#N)Cc2ccc(-c3ncn(-c4ccc(OC(F)(F)F)cc4)n3)cc2)c1. The van der Waals surface area contributed by atoms with Crippen molar-refractivity contribution >= 4 is 40.3 Å². The molecule has 1 aliphatic rings. The lowest BCUT2D eigenvalue weighted by Gasteiger charge is -2.22. The number of hydrogen-bond acceptors (Lipinski definition) is 7. The van der Waals surface area contributed by atoms with Crippen LogP contribution in [0.3, 0.4) is 0 Å². The molecule has 0 atom stereocenters. The fourth-order valence-electron chi connectivity index (χ4n) is 4.63. The summed E-state index contributed by atoms with van der Waals surface area (Å²) in [5, 5.41) is 14.3. The first-order valence-electron chi connectivity index (χ1n) is 13.9. The number of aliphatic imine (C=N–C) groups is 2. The lowest BCUT2D eigenvalue weighted by atomic mass is 9.99. The van der Waals surface area contributed by atoms with Gasteiger partial charge in [-0.05, 0) is 59.9 Å². The highest BCUT2D eigenvalue weighted by molar-refractivity contribution is 8.15. The molecular weight excluding hydrogens is 619 g/mol. The first-order valence-corrected chi connectivity index (χ1v) is 14.9. The van der Waals surface area contributed by atoms with Crippen LogP contribution in [0.5, 0.6) is 5.75 Å². The third-order valence-electron chi connectivity index (χ3n) is 6.78. The third-order valence-corrected chi connectivity index (χ3v) is 7.70. The predicted molar refractivity (Wildman–Crippen MR) is 168 cm³/mol. The highest BCUT2D eigenvalue weighted by Gasteiger charge is 2.33. The highest BCUT2D eigenvalue weighted by Crippen LogP contribution is 2.34. The van der Waals surface area contributed by atoms with Crippen molar-refractivity contribution in [3.05, 3.63) is 89.7 Å². The number of aryl methyl sites for hydroxylation is 1. The second kappa shape index (κ2) is 13.4. The topological polar surface area (TPSA) is 126 Å². The van der Waals surface area contributed by atoms with E-state index in [1.54, 1.807) is 24.3 Å². The summed E-state index contributed by atoms with van der Waals surface area (Å²) in [5.74, 6) is 0.0916. The molecule has 0 bridgehead atoms. The van der Waals surface area contributed by atoms with Gasteiger partial charge in [0, 0.05) is 12.0 Å². The molecule has 3 aromatic carbocycles. The summed E-state index contributed by atoms with van der Waals surface area (Å²) >= 11 is 1.14. The number of carbonyl (C=O) groups is 2. The lowest BCUT2D eigenvalue weighted by Crippen LogP contribution is -2.31. The largest absolute Gasteiger partial charge is 0.573 e. The van der Waals surface area contributed by atoms with E-state index < -0.39 is 12.4 Å². The summed E-state index contributed by atoms with van der Waals surface area (Å²) in [6.07, 6.45) is -3.29. The molecule has 0 unspecified atom stereocenters. The number of alkyl halides is 3. The number of aromatic nitrogens is 3. The highest BCUT2D eigenvalue weighted by atomic mass is 32.2. The van der Waals surface area contributed by atoms with Gasteiger partial charge in [0.2, 0.25) is 5.91 Å². The monoisotopic (exact) mass is 645 g/mol. The van der Waals surface area contributed by atoms with Gasteiger partial charge < -0.3 is 4.74 Å². The normalized spacial score (nSPS) is 14.7. The Morgan fingerprint density at radius 2 is 1.83 bits per heavy atom. The van der Waals surface area contributed by atoms with Gasteiger partial charge in [0.15, 0.2) is 11.0 Å². The standard InChI is InChI=1S/C32H26F3N7O3S/c1-19(2)26-13-4-20(3)14-27(26)42-28(43)17-46-31(42)39-30(44)38-23(16-36)15-21-5-7-22(8-6-21)29-37-18-41(40-29)24-9-11-25(12-10-24)45-32(33,34)35/h4-14,18-19H,15,17H2,1-3H3. The molecule has 5 rings (SSSR count). The van der Waals surface area contributed by atoms with Gasteiger partial charge in [-0.15, -0.1) is 18.3 Å². The van der Waals surface area contributed by atoms with Gasteiger partial charge in [0.1, 0.15) is 23.9 Å². The van der Waals surface area contributed by atoms with Crippen LogP contribution in [-0.2, 0) is 11.2 Å². The average Bonchev–Trinajstić information content (AvgIpc) is 3.63. The van der Waals surface area contributed by atoms with Crippen LogP contribution < -0.4 is 9.64 Å². The molecule has 1 aromatic heterocycles. The number of ether oxygens (including phenoxy) is 1. The van der Waals surface area contributed by atoms with E-state index >= 15 is 0 Å². The molecule has 0 spiro atoms. The number of amidine groups is 1. The number of anilines is 1. The Kier molecular flexibility index (Phi) is 9.33. The maximum atomic E-state index is 12.8. The Balaban J connectivity index is 1.28. The Hall–Kier alpha value is -5.29. The van der Waals surface area contributed by atoms with Gasteiger partial charge in [-0.25, -0.2) is 14.5 Å². The van der Waals surface area contributed by atoms with Crippen molar-refractivity contribution in [3.8, 4) is 28.9 Å². The van der Waals surface area contributed by atoms with Crippen molar-refractivity contribution in [3.63, 3.8) is 0 Å². The molecule has 46 heavy (non-hydrogen) atoms. The van der Waals surface area contributed by atoms with Crippen LogP contribution in [0.15, 0.2) is 83.0 Å². The maximum Gasteiger partial charge on any atom is 0.573 e. The fourth-order valence-corrected chi connectivity index (χ4v) is 5.48. The fraction of sp³-hybridized carbons (Fsp3) is 0.219. The summed E-state index contributed by atoms with van der Waals surface area (Å²) in [6.45, 7) is 5.96. The van der Waals surface area contributed by atoms with E-state index in [0.717, 1.165) is 22.9 Å². The van der Waals surface area contributed by atoms with E-state index in [4.69, 9.17) is 0 Å². The molecule has 3 amide bonds. The Bertz CT molecular complexity index is 1880. The van der Waals surface area contributed by atoms with Gasteiger partial charge in [0.05, 0.1) is 17.1 Å². The van der Waals surface area contributed by atoms with Gasteiger partial charge in [-0.1, -0.05) is 62.0 Å². The number of nitrogens with zero attached hydrogens (tertiary/aromatic N) is 7. The molecule has 1 saturated heterocycles. The molecule has 2 heterocycles. The van der Waals surface area contributed by atoms with Crippen LogP contribution in [0.25, 0.3) is 17.1 Å². The van der Waals surface area contributed by atoms with Gasteiger partial charge in [-0.2, -0.15) is 15.2 Å². The first-order chi connectivity index (χ1) is 21.9. The summed E-state index contributed by atoms with van der Waals surface area (Å²) in [7, 11) is 0. The smallest absolute Gasteiger partial charge is 0.406 e. The van der Waals surface area contributed by atoms with E-state index in [-0.39, 0.29) is 40.6 Å². The number of thioether (sulfide) groups is 1. The summed E-state index contributed by atoms with van der Waals surface area (Å²) in [4.78, 5) is 39.3. The third kappa shape index (κ3) is 7.67. The van der Waals surface area contributed by atoms with Crippen molar-refractivity contribution < 1.29 is 27.5 Å². The molecule has 0 saturated carbocycles. The minimum atomic E-state index is -4.78. The zero-order chi connectivity index (χ0) is 33.0. The number of hydrogen-bond donors (Lipinski definition) is 0. The van der Waals surface area contributed by atoms with Crippen LogP contribution in [0.2, 0.25) is 0 Å². The molecule has 234 valence electrons. The van der Waals surface area contributed by atoms with Crippen molar-refractivity contribution in [1.29, 1.82) is 5.26 Å². The molecule has 10 nitrogen and oxygen atoms in total. The molecule has 0 N–H and O–H groups in total. The summed E-state index contributed by atoms with van der Waals surface area (Å²) in [6, 6.07) is 19.0. The molecule has 0 aliphatic carbocycles. The second-order valence-electron chi connectivity index (χ2n) is 10.5. The molecular formula is C32H26F3N7O3S. The number of urea groups is 1. The number of benzene rings is 3. The average molecular weight is 646 g/mol. The number of halogens is 3. The maximum absolute atomic E-state index is 12.8. The minimum Gasteiger partial charge on any atom is -0.406 e. The zero-order valence-electron chi connectivity index (χ0n) is 24.8. The number of nitriles is 1. The van der Waals surface area contributed by atoms with Crippen LogP contribution >= 0.6 is 11.8 Å². The second-order valence-corrected chi connectivity index (χ2v) is 11.5. The minimum absolute atomic E-state index is 0.0539. The van der Waals surface area contributed by atoms with Crippen molar-refractivity contribution in [1.82, 2.24) is 14.8 Å². The van der Waals surface area contributed by atoms with E-state index in [2.05, 4.69) is 24.8 Å². The van der Waals surface area contributed by atoms with E-state index in [1.807, 2.05) is 45.0 Å². The van der Waals surface area contributed by atoms with E-state index in [9.17, 15) is 28.0 Å². The molecule has 0 radical (unpaired) electrons. The Morgan fingerprint density at radius 1 is 1.11 bits per heavy atom. The summed E-state index contributed by atoms with van der Waals surface area (Å²) < 4.78 is 42.6. The zero-order valence-corrected chi connectivity index (χ0v) is 25.6. The molecule has 1 fully saturated rings. The quantitative estimate of drug-likeness (QED) is 0.198. The molecule has 4 aromatic rings.